The highest BCUT2D eigenvalue weighted by atomic mass is 16.5. The predicted molar refractivity (Wildman–Crippen MR) is 110 cm³/mol. The Morgan fingerprint density at radius 2 is 1.69 bits per heavy atom. The number of hydrogen-bond donors (Lipinski definition) is 2. The van der Waals surface area contributed by atoms with Gasteiger partial charge in [0, 0.05) is 24.7 Å². The van der Waals surface area contributed by atoms with Crippen LogP contribution < -0.4 is 20.1 Å². The lowest BCUT2D eigenvalue weighted by Gasteiger charge is -2.12. The maximum absolute atomic E-state index is 12.6. The number of rotatable bonds is 6. The lowest BCUT2D eigenvalue weighted by Crippen LogP contribution is -2.13. The van der Waals surface area contributed by atoms with Crippen molar-refractivity contribution in [3.8, 4) is 17.2 Å². The van der Waals surface area contributed by atoms with E-state index in [9.17, 15) is 9.59 Å². The van der Waals surface area contributed by atoms with E-state index in [1.165, 1.54) is 14.0 Å². The molecule has 29 heavy (non-hydrogen) atoms. The summed E-state index contributed by atoms with van der Waals surface area (Å²) < 4.78 is 12.1. The number of carbonyl (C=O) groups excluding carboxylic acids is 2. The lowest BCUT2D eigenvalue weighted by atomic mass is 10.1. The van der Waals surface area contributed by atoms with Crippen molar-refractivity contribution in [3.63, 3.8) is 0 Å². The van der Waals surface area contributed by atoms with Crippen molar-refractivity contribution in [2.45, 2.75) is 13.8 Å². The molecule has 0 radical (unpaired) electrons. The van der Waals surface area contributed by atoms with Crippen LogP contribution in [0.2, 0.25) is 0 Å². The second-order valence-electron chi connectivity index (χ2n) is 6.33. The molecule has 2 amide bonds. The standard InChI is InChI=1S/C21H22N4O4/c1-13-11-20(22-14(2)26)25(24-13)16-7-5-15(6-8-16)23-21(27)18-10-9-17(28-3)12-19(18)29-4/h5-12H,1-4H3,(H,22,26)(H,23,27). The Labute approximate surface area is 168 Å². The molecule has 1 heterocycles. The topological polar surface area (TPSA) is 94.5 Å². The summed E-state index contributed by atoms with van der Waals surface area (Å²) in [5.74, 6) is 1.13. The molecule has 0 unspecified atom stereocenters. The highest BCUT2D eigenvalue weighted by Crippen LogP contribution is 2.26. The van der Waals surface area contributed by atoms with Gasteiger partial charge in [0.25, 0.3) is 5.91 Å². The second kappa shape index (κ2) is 8.47. The Kier molecular flexibility index (Phi) is 5.82. The Morgan fingerprint density at radius 1 is 0.966 bits per heavy atom. The lowest BCUT2D eigenvalue weighted by molar-refractivity contribution is -0.114. The zero-order valence-corrected chi connectivity index (χ0v) is 16.6. The van der Waals surface area contributed by atoms with Gasteiger partial charge in [-0.25, -0.2) is 4.68 Å². The summed E-state index contributed by atoms with van der Waals surface area (Å²) in [6.07, 6.45) is 0. The molecule has 0 atom stereocenters. The first-order valence-corrected chi connectivity index (χ1v) is 8.89. The second-order valence-corrected chi connectivity index (χ2v) is 6.33. The van der Waals surface area contributed by atoms with E-state index in [-0.39, 0.29) is 11.8 Å². The Bertz CT molecular complexity index is 1040. The molecule has 8 heteroatoms. The molecular formula is C21H22N4O4. The van der Waals surface area contributed by atoms with Crippen molar-refractivity contribution < 1.29 is 19.1 Å². The van der Waals surface area contributed by atoms with Gasteiger partial charge >= 0.3 is 0 Å². The minimum atomic E-state index is -0.300. The van der Waals surface area contributed by atoms with E-state index in [0.29, 0.717) is 28.6 Å². The SMILES string of the molecule is COc1ccc(C(=O)Nc2ccc(-n3nc(C)cc3NC(C)=O)cc2)c(OC)c1. The van der Waals surface area contributed by atoms with Crippen LogP contribution in [0.25, 0.3) is 5.69 Å². The third-order valence-corrected chi connectivity index (χ3v) is 4.16. The molecule has 0 bridgehead atoms. The molecule has 1 aromatic heterocycles. The van der Waals surface area contributed by atoms with E-state index in [1.807, 2.05) is 6.92 Å². The number of hydrogen-bond acceptors (Lipinski definition) is 5. The number of methoxy groups -OCH3 is 2. The highest BCUT2D eigenvalue weighted by Gasteiger charge is 2.14. The van der Waals surface area contributed by atoms with E-state index < -0.39 is 0 Å². The summed E-state index contributed by atoms with van der Waals surface area (Å²) in [6.45, 7) is 3.29. The number of nitrogens with zero attached hydrogens (tertiary/aromatic N) is 2. The maximum atomic E-state index is 12.6. The van der Waals surface area contributed by atoms with Crippen LogP contribution in [0.4, 0.5) is 11.5 Å². The number of ether oxygens (including phenoxy) is 2. The van der Waals surface area contributed by atoms with Crippen LogP contribution in [0.3, 0.4) is 0 Å². The zero-order chi connectivity index (χ0) is 21.0. The van der Waals surface area contributed by atoms with Crippen molar-refractivity contribution in [1.29, 1.82) is 0 Å². The summed E-state index contributed by atoms with van der Waals surface area (Å²) in [5.41, 5.74) is 2.54. The zero-order valence-electron chi connectivity index (χ0n) is 16.6. The third kappa shape index (κ3) is 4.55. The molecule has 0 aliphatic rings. The van der Waals surface area contributed by atoms with Crippen LogP contribution in [0.15, 0.2) is 48.5 Å². The maximum Gasteiger partial charge on any atom is 0.259 e. The minimum Gasteiger partial charge on any atom is -0.497 e. The van der Waals surface area contributed by atoms with E-state index in [0.717, 1.165) is 11.4 Å². The van der Waals surface area contributed by atoms with Gasteiger partial charge in [0.05, 0.1) is 31.2 Å². The van der Waals surface area contributed by atoms with Gasteiger partial charge in [-0.3, -0.25) is 9.59 Å². The van der Waals surface area contributed by atoms with Crippen LogP contribution in [0.1, 0.15) is 23.0 Å². The van der Waals surface area contributed by atoms with Crippen LogP contribution >= 0.6 is 0 Å². The molecule has 0 saturated carbocycles. The van der Waals surface area contributed by atoms with Crippen molar-refractivity contribution in [1.82, 2.24) is 9.78 Å². The number of carbonyl (C=O) groups is 2. The molecule has 0 aliphatic carbocycles. The largest absolute Gasteiger partial charge is 0.497 e. The Balaban J connectivity index is 1.80. The smallest absolute Gasteiger partial charge is 0.259 e. The van der Waals surface area contributed by atoms with Crippen LogP contribution in [0, 0.1) is 6.92 Å². The first-order chi connectivity index (χ1) is 13.9. The molecule has 150 valence electrons. The summed E-state index contributed by atoms with van der Waals surface area (Å²) >= 11 is 0. The number of aryl methyl sites for hydroxylation is 1. The molecule has 3 aromatic rings. The van der Waals surface area contributed by atoms with Gasteiger partial charge in [-0.15, -0.1) is 0 Å². The Morgan fingerprint density at radius 3 is 2.31 bits per heavy atom. The van der Waals surface area contributed by atoms with E-state index in [1.54, 1.807) is 60.3 Å². The minimum absolute atomic E-state index is 0.177. The van der Waals surface area contributed by atoms with Gasteiger partial charge in [0.2, 0.25) is 5.91 Å². The highest BCUT2D eigenvalue weighted by molar-refractivity contribution is 6.06. The van der Waals surface area contributed by atoms with E-state index in [4.69, 9.17) is 9.47 Å². The van der Waals surface area contributed by atoms with Gasteiger partial charge in [0.1, 0.15) is 17.3 Å². The van der Waals surface area contributed by atoms with Crippen molar-refractivity contribution >= 4 is 23.3 Å². The van der Waals surface area contributed by atoms with Gasteiger partial charge in [-0.1, -0.05) is 0 Å². The average Bonchev–Trinajstić information content (AvgIpc) is 3.07. The van der Waals surface area contributed by atoms with Crippen LogP contribution in [0.5, 0.6) is 11.5 Å². The number of aromatic nitrogens is 2. The molecule has 3 rings (SSSR count). The first kappa shape index (κ1) is 19.9. The molecular weight excluding hydrogens is 372 g/mol. The predicted octanol–water partition coefficient (Wildman–Crippen LogP) is 3.41. The fourth-order valence-corrected chi connectivity index (χ4v) is 2.84. The van der Waals surface area contributed by atoms with Crippen molar-refractivity contribution in [2.24, 2.45) is 0 Å². The van der Waals surface area contributed by atoms with Gasteiger partial charge in [-0.05, 0) is 43.3 Å². The summed E-state index contributed by atoms with van der Waals surface area (Å²) in [6, 6.07) is 13.9. The summed E-state index contributed by atoms with van der Waals surface area (Å²) in [5, 5.41) is 9.99. The first-order valence-electron chi connectivity index (χ1n) is 8.89. The fraction of sp³-hybridized carbons (Fsp3) is 0.190. The molecule has 2 N–H and O–H groups in total. The van der Waals surface area contributed by atoms with Gasteiger partial charge in [0.15, 0.2) is 0 Å². The molecule has 2 aromatic carbocycles. The number of benzene rings is 2. The molecule has 0 saturated heterocycles. The van der Waals surface area contributed by atoms with Crippen LogP contribution in [-0.4, -0.2) is 35.8 Å². The molecule has 0 fully saturated rings. The Hall–Kier alpha value is -3.81. The molecule has 8 nitrogen and oxygen atoms in total. The van der Waals surface area contributed by atoms with E-state index >= 15 is 0 Å². The fourth-order valence-electron chi connectivity index (χ4n) is 2.84. The van der Waals surface area contributed by atoms with E-state index in [2.05, 4.69) is 15.7 Å². The van der Waals surface area contributed by atoms with Gasteiger partial charge in [-0.2, -0.15) is 5.10 Å². The number of anilines is 2. The van der Waals surface area contributed by atoms with Gasteiger partial charge < -0.3 is 20.1 Å². The summed E-state index contributed by atoms with van der Waals surface area (Å²) in [7, 11) is 3.05. The third-order valence-electron chi connectivity index (χ3n) is 4.16. The summed E-state index contributed by atoms with van der Waals surface area (Å²) in [4.78, 5) is 24.0. The van der Waals surface area contributed by atoms with Crippen molar-refractivity contribution in [2.75, 3.05) is 24.9 Å². The molecule has 0 spiro atoms. The number of amides is 2. The van der Waals surface area contributed by atoms with Crippen LogP contribution in [-0.2, 0) is 4.79 Å². The normalized spacial score (nSPS) is 10.3. The number of nitrogens with one attached hydrogen (secondary N) is 2. The monoisotopic (exact) mass is 394 g/mol. The molecule has 0 aliphatic heterocycles. The average molecular weight is 394 g/mol. The van der Waals surface area contributed by atoms with Crippen molar-refractivity contribution in [3.05, 3.63) is 59.8 Å². The quantitative estimate of drug-likeness (QED) is 0.668.